The van der Waals surface area contributed by atoms with Gasteiger partial charge in [-0.2, -0.15) is 0 Å². The number of aromatic amines is 1. The SMILES string of the molecule is CN(C)CC(C)(C)CNC(=O)C1CCCCC1C(=O)N1CCc2c([nH]c3ccccc23)C1. The fraction of sp³-hybridized carbons (Fsp3) is 0.615. The largest absolute Gasteiger partial charge is 0.357 e. The monoisotopic (exact) mass is 438 g/mol. The number of rotatable bonds is 6. The second kappa shape index (κ2) is 9.26. The van der Waals surface area contributed by atoms with Crippen molar-refractivity contribution in [3.63, 3.8) is 0 Å². The molecule has 2 amide bonds. The molecular formula is C26H38N4O2. The minimum Gasteiger partial charge on any atom is -0.357 e. The second-order valence-corrected chi connectivity index (χ2v) is 10.8. The molecule has 1 saturated carbocycles. The summed E-state index contributed by atoms with van der Waals surface area (Å²) in [4.78, 5) is 34.3. The van der Waals surface area contributed by atoms with Gasteiger partial charge in [-0.15, -0.1) is 0 Å². The van der Waals surface area contributed by atoms with Gasteiger partial charge in [-0.3, -0.25) is 9.59 Å². The molecule has 1 aliphatic carbocycles. The molecule has 6 nitrogen and oxygen atoms in total. The summed E-state index contributed by atoms with van der Waals surface area (Å²) in [5, 5.41) is 4.45. The maximum absolute atomic E-state index is 13.6. The van der Waals surface area contributed by atoms with Crippen LogP contribution in [0, 0.1) is 17.3 Å². The lowest BCUT2D eigenvalue weighted by molar-refractivity contribution is -0.144. The highest BCUT2D eigenvalue weighted by Gasteiger charge is 2.39. The highest BCUT2D eigenvalue weighted by molar-refractivity contribution is 5.89. The number of amides is 2. The molecule has 4 rings (SSSR count). The zero-order chi connectivity index (χ0) is 22.9. The molecule has 2 unspecified atom stereocenters. The van der Waals surface area contributed by atoms with Gasteiger partial charge in [0.15, 0.2) is 0 Å². The van der Waals surface area contributed by atoms with Crippen molar-refractivity contribution < 1.29 is 9.59 Å². The summed E-state index contributed by atoms with van der Waals surface area (Å²) >= 11 is 0. The van der Waals surface area contributed by atoms with Crippen LogP contribution < -0.4 is 5.32 Å². The molecule has 2 aromatic rings. The van der Waals surface area contributed by atoms with E-state index in [-0.39, 0.29) is 29.1 Å². The van der Waals surface area contributed by atoms with Crippen LogP contribution >= 0.6 is 0 Å². The van der Waals surface area contributed by atoms with E-state index >= 15 is 0 Å². The molecule has 2 heterocycles. The zero-order valence-corrected chi connectivity index (χ0v) is 20.0. The third-order valence-electron chi connectivity index (χ3n) is 7.10. The van der Waals surface area contributed by atoms with Gasteiger partial charge >= 0.3 is 0 Å². The maximum Gasteiger partial charge on any atom is 0.226 e. The van der Waals surface area contributed by atoms with E-state index in [1.807, 2.05) is 11.0 Å². The van der Waals surface area contributed by atoms with Crippen molar-refractivity contribution in [3.8, 4) is 0 Å². The molecule has 1 aromatic carbocycles. The first-order valence-corrected chi connectivity index (χ1v) is 12.0. The molecule has 0 bridgehead atoms. The van der Waals surface area contributed by atoms with E-state index in [1.54, 1.807) is 0 Å². The molecule has 2 N–H and O–H groups in total. The van der Waals surface area contributed by atoms with Gasteiger partial charge in [0.2, 0.25) is 11.8 Å². The minimum absolute atomic E-state index is 0.00771. The van der Waals surface area contributed by atoms with Crippen LogP contribution in [0.3, 0.4) is 0 Å². The van der Waals surface area contributed by atoms with Gasteiger partial charge in [-0.05, 0) is 50.4 Å². The Morgan fingerprint density at radius 3 is 2.62 bits per heavy atom. The predicted molar refractivity (Wildman–Crippen MR) is 128 cm³/mol. The average molecular weight is 439 g/mol. The summed E-state index contributed by atoms with van der Waals surface area (Å²) < 4.78 is 0. The van der Waals surface area contributed by atoms with Crippen LogP contribution in [0.2, 0.25) is 0 Å². The molecule has 0 radical (unpaired) electrons. The number of fused-ring (bicyclic) bond motifs is 3. The van der Waals surface area contributed by atoms with Gasteiger partial charge < -0.3 is 20.1 Å². The smallest absolute Gasteiger partial charge is 0.226 e. The molecule has 2 aliphatic rings. The van der Waals surface area contributed by atoms with E-state index in [4.69, 9.17) is 0 Å². The number of benzene rings is 1. The fourth-order valence-electron chi connectivity index (χ4n) is 5.73. The van der Waals surface area contributed by atoms with Crippen LogP contribution in [0.25, 0.3) is 10.9 Å². The third kappa shape index (κ3) is 4.85. The van der Waals surface area contributed by atoms with Crippen molar-refractivity contribution in [2.75, 3.05) is 33.7 Å². The molecule has 6 heteroatoms. The Kier molecular flexibility index (Phi) is 6.61. The molecular weight excluding hydrogens is 400 g/mol. The number of aromatic nitrogens is 1. The predicted octanol–water partition coefficient (Wildman–Crippen LogP) is 3.56. The molecule has 174 valence electrons. The summed E-state index contributed by atoms with van der Waals surface area (Å²) in [6.07, 6.45) is 4.54. The first kappa shape index (κ1) is 22.8. The molecule has 1 aromatic heterocycles. The Morgan fingerprint density at radius 2 is 1.88 bits per heavy atom. The zero-order valence-electron chi connectivity index (χ0n) is 20.0. The number of hydrogen-bond acceptors (Lipinski definition) is 3. The lowest BCUT2D eigenvalue weighted by Gasteiger charge is -2.36. The molecule has 1 fully saturated rings. The van der Waals surface area contributed by atoms with E-state index in [9.17, 15) is 9.59 Å². The van der Waals surface area contributed by atoms with Gasteiger partial charge in [-0.25, -0.2) is 0 Å². The number of carbonyl (C=O) groups excluding carboxylic acids is 2. The van der Waals surface area contributed by atoms with Crippen LogP contribution in [0.1, 0.15) is 50.8 Å². The highest BCUT2D eigenvalue weighted by atomic mass is 16.2. The maximum atomic E-state index is 13.6. The summed E-state index contributed by atoms with van der Waals surface area (Å²) in [5.74, 6) is -0.206. The van der Waals surface area contributed by atoms with Crippen molar-refractivity contribution in [3.05, 3.63) is 35.5 Å². The first-order chi connectivity index (χ1) is 15.2. The molecule has 32 heavy (non-hydrogen) atoms. The van der Waals surface area contributed by atoms with Crippen LogP contribution in [0.15, 0.2) is 24.3 Å². The Morgan fingerprint density at radius 1 is 1.16 bits per heavy atom. The molecule has 1 aliphatic heterocycles. The highest BCUT2D eigenvalue weighted by Crippen LogP contribution is 2.34. The van der Waals surface area contributed by atoms with E-state index < -0.39 is 0 Å². The minimum atomic E-state index is -0.212. The number of carbonyl (C=O) groups is 2. The summed E-state index contributed by atoms with van der Waals surface area (Å²) in [5.41, 5.74) is 3.62. The van der Waals surface area contributed by atoms with Gasteiger partial charge in [0.25, 0.3) is 0 Å². The van der Waals surface area contributed by atoms with E-state index in [0.29, 0.717) is 13.1 Å². The molecule has 2 atom stereocenters. The van der Waals surface area contributed by atoms with Gasteiger partial charge in [-0.1, -0.05) is 44.9 Å². The summed E-state index contributed by atoms with van der Waals surface area (Å²) in [6, 6.07) is 8.36. The topological polar surface area (TPSA) is 68.4 Å². The van der Waals surface area contributed by atoms with Crippen molar-refractivity contribution in [2.24, 2.45) is 17.3 Å². The number of para-hydroxylation sites is 1. The van der Waals surface area contributed by atoms with Crippen LogP contribution in [0.4, 0.5) is 0 Å². The van der Waals surface area contributed by atoms with E-state index in [1.165, 1.54) is 10.9 Å². The summed E-state index contributed by atoms with van der Waals surface area (Å²) in [6.45, 7) is 7.22. The Labute approximate surface area is 191 Å². The quantitative estimate of drug-likeness (QED) is 0.725. The third-order valence-corrected chi connectivity index (χ3v) is 7.10. The van der Waals surface area contributed by atoms with Crippen LogP contribution in [-0.2, 0) is 22.6 Å². The standard InChI is InChI=1S/C26H38N4O2/c1-26(2,17-29(3)4)16-27-24(31)20-10-5-6-11-21(20)25(32)30-14-13-19-18-9-7-8-12-22(18)28-23(19)15-30/h7-9,12,20-21,28H,5-6,10-11,13-17H2,1-4H3,(H,27,31). The normalized spacial score (nSPS) is 21.6. The average Bonchev–Trinajstić information content (AvgIpc) is 3.14. The number of hydrogen-bond donors (Lipinski definition) is 2. The summed E-state index contributed by atoms with van der Waals surface area (Å²) in [7, 11) is 4.10. The van der Waals surface area contributed by atoms with Crippen LogP contribution in [0.5, 0.6) is 0 Å². The fourth-order valence-corrected chi connectivity index (χ4v) is 5.73. The Hall–Kier alpha value is -2.34. The van der Waals surface area contributed by atoms with E-state index in [2.05, 4.69) is 61.3 Å². The Bertz CT molecular complexity index is 977. The lowest BCUT2D eigenvalue weighted by atomic mass is 9.77. The number of nitrogens with one attached hydrogen (secondary N) is 2. The van der Waals surface area contributed by atoms with Gasteiger partial charge in [0.1, 0.15) is 0 Å². The van der Waals surface area contributed by atoms with Crippen molar-refractivity contribution in [1.82, 2.24) is 20.1 Å². The van der Waals surface area contributed by atoms with Gasteiger partial charge in [0.05, 0.1) is 6.54 Å². The number of H-pyrrole nitrogens is 1. The molecule has 0 spiro atoms. The Balaban J connectivity index is 1.43. The van der Waals surface area contributed by atoms with Crippen LogP contribution in [-0.4, -0.2) is 60.3 Å². The van der Waals surface area contributed by atoms with Gasteiger partial charge in [0, 0.05) is 48.1 Å². The second-order valence-electron chi connectivity index (χ2n) is 10.8. The number of nitrogens with zero attached hydrogens (tertiary/aromatic N) is 2. The van der Waals surface area contributed by atoms with Crippen molar-refractivity contribution in [2.45, 2.75) is 52.5 Å². The van der Waals surface area contributed by atoms with Crippen molar-refractivity contribution in [1.29, 1.82) is 0 Å². The first-order valence-electron chi connectivity index (χ1n) is 12.0. The lowest BCUT2D eigenvalue weighted by Crippen LogP contribution is -2.48. The van der Waals surface area contributed by atoms with E-state index in [0.717, 1.165) is 56.4 Å². The molecule has 0 saturated heterocycles. The van der Waals surface area contributed by atoms with Crippen molar-refractivity contribution >= 4 is 22.7 Å².